The number of aromatic nitrogens is 3. The van der Waals surface area contributed by atoms with E-state index in [-0.39, 0.29) is 0 Å². The van der Waals surface area contributed by atoms with Gasteiger partial charge in [-0.05, 0) is 19.8 Å². The van der Waals surface area contributed by atoms with Crippen LogP contribution in [0.3, 0.4) is 0 Å². The van der Waals surface area contributed by atoms with Gasteiger partial charge in [0.25, 0.3) is 0 Å². The molecule has 136 valence electrons. The van der Waals surface area contributed by atoms with Crippen molar-refractivity contribution >= 4 is 5.96 Å². The smallest absolute Gasteiger partial charge is 0.191 e. The first kappa shape index (κ1) is 18.7. The zero-order valence-corrected chi connectivity index (χ0v) is 15.5. The molecule has 1 aromatic heterocycles. The number of guanidine groups is 1. The summed E-state index contributed by atoms with van der Waals surface area (Å²) < 4.78 is 2.21. The minimum Gasteiger partial charge on any atom is -0.357 e. The Kier molecular flexibility index (Phi) is 8.63. The molecule has 0 saturated carbocycles. The fraction of sp³-hybridized carbons (Fsp3) is 0.833. The second-order valence-corrected chi connectivity index (χ2v) is 6.53. The van der Waals surface area contributed by atoms with Crippen LogP contribution in [-0.2, 0) is 19.5 Å². The summed E-state index contributed by atoms with van der Waals surface area (Å²) >= 11 is 0. The zero-order chi connectivity index (χ0) is 17.0. The van der Waals surface area contributed by atoms with E-state index in [2.05, 4.69) is 44.2 Å². The summed E-state index contributed by atoms with van der Waals surface area (Å²) in [6, 6.07) is 0. The molecule has 1 aromatic rings. The molecule has 0 atom stereocenters. The summed E-state index contributed by atoms with van der Waals surface area (Å²) in [5.41, 5.74) is 0. The lowest BCUT2D eigenvalue weighted by molar-refractivity contribution is 0.583. The minimum atomic E-state index is 0.597. The van der Waals surface area contributed by atoms with Crippen molar-refractivity contribution in [2.75, 3.05) is 13.1 Å². The zero-order valence-electron chi connectivity index (χ0n) is 15.5. The molecule has 6 heteroatoms. The third-order valence-electron chi connectivity index (χ3n) is 4.48. The number of aliphatic imine (C=N–C) groups is 1. The third kappa shape index (κ3) is 6.13. The quantitative estimate of drug-likeness (QED) is 0.371. The SMILES string of the molecule is CCCCCCCCCNC(=NCc1nnc2n1CCC2)NCC. The summed E-state index contributed by atoms with van der Waals surface area (Å²) in [4.78, 5) is 4.66. The monoisotopic (exact) mass is 334 g/mol. The first-order valence-corrected chi connectivity index (χ1v) is 9.78. The maximum Gasteiger partial charge on any atom is 0.191 e. The topological polar surface area (TPSA) is 67.1 Å². The molecule has 0 aliphatic carbocycles. The summed E-state index contributed by atoms with van der Waals surface area (Å²) in [7, 11) is 0. The van der Waals surface area contributed by atoms with Crippen molar-refractivity contribution in [3.8, 4) is 0 Å². The highest BCUT2D eigenvalue weighted by molar-refractivity contribution is 5.79. The van der Waals surface area contributed by atoms with Gasteiger partial charge in [-0.3, -0.25) is 0 Å². The average molecular weight is 335 g/mol. The maximum absolute atomic E-state index is 4.66. The molecular formula is C18H34N6. The Labute approximate surface area is 146 Å². The van der Waals surface area contributed by atoms with Gasteiger partial charge in [-0.25, -0.2) is 4.99 Å². The van der Waals surface area contributed by atoms with E-state index in [0.29, 0.717) is 6.54 Å². The van der Waals surface area contributed by atoms with Crippen LogP contribution in [0.2, 0.25) is 0 Å². The lowest BCUT2D eigenvalue weighted by Crippen LogP contribution is -2.37. The maximum atomic E-state index is 4.66. The van der Waals surface area contributed by atoms with Crippen LogP contribution in [0.15, 0.2) is 4.99 Å². The molecule has 0 radical (unpaired) electrons. The van der Waals surface area contributed by atoms with Gasteiger partial charge >= 0.3 is 0 Å². The van der Waals surface area contributed by atoms with Crippen molar-refractivity contribution in [3.63, 3.8) is 0 Å². The Morgan fingerprint density at radius 3 is 2.62 bits per heavy atom. The largest absolute Gasteiger partial charge is 0.357 e. The predicted octanol–water partition coefficient (Wildman–Crippen LogP) is 3.03. The second-order valence-electron chi connectivity index (χ2n) is 6.53. The summed E-state index contributed by atoms with van der Waals surface area (Å²) in [6.07, 6.45) is 11.5. The number of nitrogens with zero attached hydrogens (tertiary/aromatic N) is 4. The molecule has 2 rings (SSSR count). The van der Waals surface area contributed by atoms with Gasteiger partial charge in [0.15, 0.2) is 11.8 Å². The molecule has 0 aromatic carbocycles. The van der Waals surface area contributed by atoms with E-state index in [1.165, 1.54) is 51.4 Å². The van der Waals surface area contributed by atoms with Crippen LogP contribution in [0.1, 0.15) is 76.9 Å². The Morgan fingerprint density at radius 2 is 1.83 bits per heavy atom. The van der Waals surface area contributed by atoms with E-state index in [1.807, 2.05) is 0 Å². The van der Waals surface area contributed by atoms with Crippen LogP contribution < -0.4 is 10.6 Å². The predicted molar refractivity (Wildman–Crippen MR) is 99.2 cm³/mol. The summed E-state index contributed by atoms with van der Waals surface area (Å²) in [5.74, 6) is 2.98. The molecule has 0 bridgehead atoms. The first-order valence-electron chi connectivity index (χ1n) is 9.78. The van der Waals surface area contributed by atoms with E-state index < -0.39 is 0 Å². The third-order valence-corrected chi connectivity index (χ3v) is 4.48. The molecule has 2 N–H and O–H groups in total. The number of nitrogens with one attached hydrogen (secondary N) is 2. The van der Waals surface area contributed by atoms with Crippen molar-refractivity contribution in [1.29, 1.82) is 0 Å². The van der Waals surface area contributed by atoms with Crippen LogP contribution in [0, 0.1) is 0 Å². The molecule has 0 amide bonds. The Hall–Kier alpha value is -1.59. The number of hydrogen-bond acceptors (Lipinski definition) is 3. The number of hydrogen-bond donors (Lipinski definition) is 2. The van der Waals surface area contributed by atoms with E-state index in [1.54, 1.807) is 0 Å². The van der Waals surface area contributed by atoms with E-state index in [9.17, 15) is 0 Å². The van der Waals surface area contributed by atoms with Crippen molar-refractivity contribution in [3.05, 3.63) is 11.6 Å². The Bertz CT molecular complexity index is 494. The standard InChI is InChI=1S/C18H34N6/c1-3-5-6-7-8-9-10-13-20-18(19-4-2)21-15-17-23-22-16-12-11-14-24(16)17/h3-15H2,1-2H3,(H2,19,20,21). The normalized spacial score (nSPS) is 14.0. The lowest BCUT2D eigenvalue weighted by atomic mass is 10.1. The van der Waals surface area contributed by atoms with Crippen LogP contribution in [0.5, 0.6) is 0 Å². The van der Waals surface area contributed by atoms with Crippen molar-refractivity contribution < 1.29 is 0 Å². The highest BCUT2D eigenvalue weighted by Gasteiger charge is 2.16. The van der Waals surface area contributed by atoms with Crippen LogP contribution >= 0.6 is 0 Å². The number of fused-ring (bicyclic) bond motifs is 1. The molecule has 0 spiro atoms. The lowest BCUT2D eigenvalue weighted by Gasteiger charge is -2.11. The molecular weight excluding hydrogens is 300 g/mol. The average Bonchev–Trinajstić information content (AvgIpc) is 3.19. The van der Waals surface area contributed by atoms with E-state index >= 15 is 0 Å². The highest BCUT2D eigenvalue weighted by Crippen LogP contribution is 2.14. The van der Waals surface area contributed by atoms with Gasteiger partial charge in [0, 0.05) is 26.1 Å². The minimum absolute atomic E-state index is 0.597. The van der Waals surface area contributed by atoms with E-state index in [0.717, 1.165) is 43.7 Å². The summed E-state index contributed by atoms with van der Waals surface area (Å²) in [6.45, 7) is 7.85. The number of unbranched alkanes of at least 4 members (excludes halogenated alkanes) is 6. The van der Waals surface area contributed by atoms with E-state index in [4.69, 9.17) is 0 Å². The van der Waals surface area contributed by atoms with Crippen molar-refractivity contribution in [2.45, 2.75) is 84.7 Å². The summed E-state index contributed by atoms with van der Waals surface area (Å²) in [5, 5.41) is 15.3. The molecule has 1 aliphatic rings. The molecule has 0 saturated heterocycles. The van der Waals surface area contributed by atoms with Gasteiger partial charge in [0.05, 0.1) is 0 Å². The first-order chi connectivity index (χ1) is 11.8. The molecule has 24 heavy (non-hydrogen) atoms. The second kappa shape index (κ2) is 11.0. The van der Waals surface area contributed by atoms with Gasteiger partial charge in [0.1, 0.15) is 12.4 Å². The van der Waals surface area contributed by atoms with Gasteiger partial charge in [-0.1, -0.05) is 45.4 Å². The van der Waals surface area contributed by atoms with Crippen LogP contribution in [0.4, 0.5) is 0 Å². The van der Waals surface area contributed by atoms with Crippen molar-refractivity contribution in [1.82, 2.24) is 25.4 Å². The molecule has 6 nitrogen and oxygen atoms in total. The molecule has 2 heterocycles. The molecule has 0 unspecified atom stereocenters. The highest BCUT2D eigenvalue weighted by atomic mass is 15.3. The van der Waals surface area contributed by atoms with Gasteiger partial charge < -0.3 is 15.2 Å². The fourth-order valence-electron chi connectivity index (χ4n) is 3.11. The number of aryl methyl sites for hydroxylation is 1. The molecule has 0 fully saturated rings. The van der Waals surface area contributed by atoms with Crippen LogP contribution in [0.25, 0.3) is 0 Å². The Balaban J connectivity index is 1.67. The Morgan fingerprint density at radius 1 is 1.04 bits per heavy atom. The number of rotatable bonds is 11. The van der Waals surface area contributed by atoms with Crippen LogP contribution in [-0.4, -0.2) is 33.8 Å². The fourth-order valence-corrected chi connectivity index (χ4v) is 3.11. The van der Waals surface area contributed by atoms with Gasteiger partial charge in [-0.15, -0.1) is 10.2 Å². The molecule has 1 aliphatic heterocycles. The van der Waals surface area contributed by atoms with Crippen molar-refractivity contribution in [2.24, 2.45) is 4.99 Å². The van der Waals surface area contributed by atoms with Gasteiger partial charge in [-0.2, -0.15) is 0 Å². The van der Waals surface area contributed by atoms with Gasteiger partial charge in [0.2, 0.25) is 0 Å².